The lowest BCUT2D eigenvalue weighted by molar-refractivity contribution is 0.0620. The number of benzene rings is 1. The van der Waals surface area contributed by atoms with Crippen molar-refractivity contribution in [1.82, 2.24) is 9.47 Å². The van der Waals surface area contributed by atoms with Gasteiger partial charge in [-0.3, -0.25) is 9.59 Å². The molecule has 1 aromatic carbocycles. The molecular weight excluding hydrogens is 362 g/mol. The van der Waals surface area contributed by atoms with Gasteiger partial charge >= 0.3 is 0 Å². The smallest absolute Gasteiger partial charge is 0.263 e. The molecule has 1 aromatic heterocycles. The number of likely N-dealkylation sites (tertiary alicyclic amines) is 1. The quantitative estimate of drug-likeness (QED) is 0.854. The van der Waals surface area contributed by atoms with E-state index in [1.165, 1.54) is 5.56 Å². The molecular formula is C21H28ClN3O2. The first-order valence-corrected chi connectivity index (χ1v) is 9.37. The van der Waals surface area contributed by atoms with Gasteiger partial charge in [-0.2, -0.15) is 0 Å². The van der Waals surface area contributed by atoms with Crippen LogP contribution in [0.25, 0.3) is 0 Å². The summed E-state index contributed by atoms with van der Waals surface area (Å²) in [7, 11) is 0. The highest BCUT2D eigenvalue weighted by Gasteiger charge is 2.29. The van der Waals surface area contributed by atoms with Crippen molar-refractivity contribution in [1.29, 1.82) is 0 Å². The van der Waals surface area contributed by atoms with Crippen molar-refractivity contribution in [2.45, 2.75) is 45.2 Å². The van der Waals surface area contributed by atoms with Crippen molar-refractivity contribution in [3.8, 4) is 0 Å². The Bertz CT molecular complexity index is 820. The number of carbonyl (C=O) groups excluding carboxylic acids is 1. The summed E-state index contributed by atoms with van der Waals surface area (Å²) in [5.41, 5.74) is 7.85. The number of hydrogen-bond donors (Lipinski definition) is 1. The molecule has 0 spiro atoms. The van der Waals surface area contributed by atoms with E-state index in [0.717, 1.165) is 31.2 Å². The summed E-state index contributed by atoms with van der Waals surface area (Å²) in [6.07, 6.45) is 5.51. The fourth-order valence-electron chi connectivity index (χ4n) is 3.65. The number of carbonyl (C=O) groups is 1. The average Bonchev–Trinajstić information content (AvgIpc) is 2.68. The summed E-state index contributed by atoms with van der Waals surface area (Å²) < 4.78 is 1.65. The molecule has 2 N–H and O–H groups in total. The van der Waals surface area contributed by atoms with E-state index in [4.69, 9.17) is 5.73 Å². The van der Waals surface area contributed by atoms with E-state index in [2.05, 4.69) is 0 Å². The van der Waals surface area contributed by atoms with Crippen LogP contribution in [-0.2, 0) is 13.0 Å². The molecule has 0 radical (unpaired) electrons. The molecule has 1 unspecified atom stereocenters. The number of aromatic nitrogens is 1. The number of piperidine rings is 1. The van der Waals surface area contributed by atoms with Crippen LogP contribution in [0.4, 0.5) is 0 Å². The van der Waals surface area contributed by atoms with Crippen molar-refractivity contribution in [3.05, 3.63) is 69.6 Å². The number of hydrogen-bond acceptors (Lipinski definition) is 3. The fourth-order valence-corrected chi connectivity index (χ4v) is 3.65. The maximum Gasteiger partial charge on any atom is 0.263 e. The molecule has 2 aromatic rings. The Morgan fingerprint density at radius 2 is 1.93 bits per heavy atom. The molecule has 3 rings (SSSR count). The van der Waals surface area contributed by atoms with Gasteiger partial charge in [0.15, 0.2) is 0 Å². The highest BCUT2D eigenvalue weighted by molar-refractivity contribution is 5.95. The molecule has 0 bridgehead atoms. The maximum absolute atomic E-state index is 13.1. The maximum atomic E-state index is 13.1. The SMILES string of the molecule is Cc1ccn(CCc2ccccc2)c(=O)c1C(=O)N1CCCCC1CN.Cl. The first-order valence-electron chi connectivity index (χ1n) is 9.37. The zero-order chi connectivity index (χ0) is 18.5. The van der Waals surface area contributed by atoms with E-state index < -0.39 is 0 Å². The predicted molar refractivity (Wildman–Crippen MR) is 111 cm³/mol. The van der Waals surface area contributed by atoms with Crippen LogP contribution in [0, 0.1) is 6.92 Å². The Kier molecular flexibility index (Phi) is 7.63. The molecule has 1 fully saturated rings. The van der Waals surface area contributed by atoms with E-state index in [1.807, 2.05) is 43.3 Å². The van der Waals surface area contributed by atoms with E-state index in [1.54, 1.807) is 15.7 Å². The molecule has 1 aliphatic heterocycles. The van der Waals surface area contributed by atoms with Crippen LogP contribution in [0.2, 0.25) is 0 Å². The lowest BCUT2D eigenvalue weighted by Crippen LogP contribution is -2.49. The molecule has 2 heterocycles. The number of rotatable bonds is 5. The first-order chi connectivity index (χ1) is 12.6. The third-order valence-corrected chi connectivity index (χ3v) is 5.23. The molecule has 1 atom stereocenters. The van der Waals surface area contributed by atoms with Crippen molar-refractivity contribution < 1.29 is 4.79 Å². The van der Waals surface area contributed by atoms with E-state index in [0.29, 0.717) is 25.2 Å². The van der Waals surface area contributed by atoms with Gasteiger partial charge < -0.3 is 15.2 Å². The largest absolute Gasteiger partial charge is 0.334 e. The van der Waals surface area contributed by atoms with Gasteiger partial charge in [0.05, 0.1) is 0 Å². The second-order valence-electron chi connectivity index (χ2n) is 6.99. The summed E-state index contributed by atoms with van der Waals surface area (Å²) in [5, 5.41) is 0. The lowest BCUT2D eigenvalue weighted by atomic mass is 10.00. The topological polar surface area (TPSA) is 68.3 Å². The molecule has 0 saturated carbocycles. The van der Waals surface area contributed by atoms with E-state index in [9.17, 15) is 9.59 Å². The van der Waals surface area contributed by atoms with Gasteiger partial charge in [-0.25, -0.2) is 0 Å². The Labute approximate surface area is 166 Å². The molecule has 5 nitrogen and oxygen atoms in total. The average molecular weight is 390 g/mol. The van der Waals surface area contributed by atoms with Crippen LogP contribution < -0.4 is 11.3 Å². The molecule has 1 saturated heterocycles. The van der Waals surface area contributed by atoms with Gasteiger partial charge in [0.2, 0.25) is 0 Å². The molecule has 1 amide bonds. The number of aryl methyl sites for hydroxylation is 3. The highest BCUT2D eigenvalue weighted by Crippen LogP contribution is 2.19. The molecule has 6 heteroatoms. The van der Waals surface area contributed by atoms with Crippen molar-refractivity contribution in [2.24, 2.45) is 5.73 Å². The second kappa shape index (κ2) is 9.72. The zero-order valence-corrected chi connectivity index (χ0v) is 16.6. The third kappa shape index (κ3) is 4.79. The number of amides is 1. The van der Waals surface area contributed by atoms with E-state index >= 15 is 0 Å². The van der Waals surface area contributed by atoms with E-state index in [-0.39, 0.29) is 29.9 Å². The van der Waals surface area contributed by atoms with Gasteiger partial charge in [-0.05, 0) is 49.8 Å². The second-order valence-corrected chi connectivity index (χ2v) is 6.99. The standard InChI is InChI=1S/C21H27N3O2.ClH/c1-16-10-13-23(14-11-17-7-3-2-4-8-17)20(25)19(16)21(26)24-12-6-5-9-18(24)15-22;/h2-4,7-8,10,13,18H,5-6,9,11-12,14-15,22H2,1H3;1H. The molecule has 27 heavy (non-hydrogen) atoms. The monoisotopic (exact) mass is 389 g/mol. The fraction of sp³-hybridized carbons (Fsp3) is 0.429. The van der Waals surface area contributed by atoms with Crippen molar-refractivity contribution in [2.75, 3.05) is 13.1 Å². The van der Waals surface area contributed by atoms with Crippen molar-refractivity contribution in [3.63, 3.8) is 0 Å². The minimum Gasteiger partial charge on any atom is -0.334 e. The highest BCUT2D eigenvalue weighted by atomic mass is 35.5. The van der Waals surface area contributed by atoms with Crippen LogP contribution in [0.15, 0.2) is 47.4 Å². The number of nitrogens with two attached hydrogens (primary N) is 1. The minimum atomic E-state index is -0.202. The van der Waals surface area contributed by atoms with Gasteiger partial charge in [0.1, 0.15) is 5.56 Å². The zero-order valence-electron chi connectivity index (χ0n) is 15.8. The molecule has 0 aliphatic carbocycles. The van der Waals surface area contributed by atoms with Crippen molar-refractivity contribution >= 4 is 18.3 Å². The lowest BCUT2D eigenvalue weighted by Gasteiger charge is -2.35. The summed E-state index contributed by atoms with van der Waals surface area (Å²) >= 11 is 0. The third-order valence-electron chi connectivity index (χ3n) is 5.23. The summed E-state index contributed by atoms with van der Waals surface area (Å²) in [4.78, 5) is 27.9. The van der Waals surface area contributed by atoms with Crippen LogP contribution >= 0.6 is 12.4 Å². The van der Waals surface area contributed by atoms with Crippen LogP contribution in [-0.4, -0.2) is 34.5 Å². The predicted octanol–water partition coefficient (Wildman–Crippen LogP) is 2.77. The Hall–Kier alpha value is -2.11. The number of pyridine rings is 1. The Morgan fingerprint density at radius 1 is 1.19 bits per heavy atom. The first kappa shape index (κ1) is 21.2. The molecule has 146 valence electrons. The van der Waals surface area contributed by atoms with Gasteiger partial charge in [-0.15, -0.1) is 12.4 Å². The molecule has 1 aliphatic rings. The van der Waals surface area contributed by atoms with Gasteiger partial charge in [-0.1, -0.05) is 30.3 Å². The minimum absolute atomic E-state index is 0. The summed E-state index contributed by atoms with van der Waals surface area (Å²) in [5.74, 6) is -0.170. The van der Waals surface area contributed by atoms with Crippen LogP contribution in [0.3, 0.4) is 0 Å². The summed E-state index contributed by atoms with van der Waals surface area (Å²) in [6.45, 7) is 3.51. The van der Waals surface area contributed by atoms with Crippen LogP contribution in [0.1, 0.15) is 40.7 Å². The van der Waals surface area contributed by atoms with Gasteiger partial charge in [0.25, 0.3) is 11.5 Å². The van der Waals surface area contributed by atoms with Gasteiger partial charge in [0, 0.05) is 31.9 Å². The Morgan fingerprint density at radius 3 is 2.63 bits per heavy atom. The number of nitrogens with zero attached hydrogens (tertiary/aromatic N) is 2. The summed E-state index contributed by atoms with van der Waals surface area (Å²) in [6, 6.07) is 12.0. The Balaban J connectivity index is 0.00000261. The number of halogens is 1. The van der Waals surface area contributed by atoms with Crippen LogP contribution in [0.5, 0.6) is 0 Å². The normalized spacial score (nSPS) is 16.7.